The third-order valence-corrected chi connectivity index (χ3v) is 5.80. The number of rotatable bonds is 3. The van der Waals surface area contributed by atoms with Gasteiger partial charge in [0.1, 0.15) is 5.52 Å². The number of aromatic nitrogens is 2. The van der Waals surface area contributed by atoms with E-state index in [1.165, 1.54) is 15.8 Å². The first-order valence-electron chi connectivity index (χ1n) is 8.96. The molecule has 2 aromatic heterocycles. The van der Waals surface area contributed by atoms with Crippen LogP contribution in [0.3, 0.4) is 0 Å². The first-order valence-corrected chi connectivity index (χ1v) is 9.84. The fraction of sp³-hybridized carbons (Fsp3) is 0.364. The van der Waals surface area contributed by atoms with Gasteiger partial charge in [-0.15, -0.1) is 11.3 Å². The van der Waals surface area contributed by atoms with Gasteiger partial charge in [0, 0.05) is 6.42 Å². The van der Waals surface area contributed by atoms with Crippen LogP contribution in [0.4, 0.5) is 0 Å². The molecule has 0 amide bonds. The first-order chi connectivity index (χ1) is 12.2. The molecule has 0 aliphatic carbocycles. The second kappa shape index (κ2) is 5.92. The zero-order chi connectivity index (χ0) is 18.5. The van der Waals surface area contributed by atoms with Crippen molar-refractivity contribution in [1.82, 2.24) is 9.97 Å². The van der Waals surface area contributed by atoms with Crippen LogP contribution in [0.2, 0.25) is 0 Å². The zero-order valence-electron chi connectivity index (χ0n) is 16.0. The van der Waals surface area contributed by atoms with Crippen molar-refractivity contribution in [2.75, 3.05) is 0 Å². The minimum Gasteiger partial charge on any atom is -0.441 e. The molecule has 0 N–H and O–H groups in total. The van der Waals surface area contributed by atoms with Gasteiger partial charge >= 0.3 is 0 Å². The Labute approximate surface area is 158 Å². The second-order valence-corrected chi connectivity index (χ2v) is 9.52. The second-order valence-electron chi connectivity index (χ2n) is 8.64. The molecule has 3 nitrogen and oxygen atoms in total. The van der Waals surface area contributed by atoms with E-state index in [0.717, 1.165) is 28.9 Å². The van der Waals surface area contributed by atoms with Crippen molar-refractivity contribution in [3.63, 3.8) is 0 Å². The number of oxazole rings is 1. The van der Waals surface area contributed by atoms with Crippen molar-refractivity contribution < 1.29 is 4.42 Å². The van der Waals surface area contributed by atoms with Gasteiger partial charge in [0.25, 0.3) is 0 Å². The number of thiazole rings is 1. The summed E-state index contributed by atoms with van der Waals surface area (Å²) in [7, 11) is 0. The van der Waals surface area contributed by atoms with E-state index >= 15 is 0 Å². The Hall–Kier alpha value is -2.20. The van der Waals surface area contributed by atoms with Crippen LogP contribution in [0.1, 0.15) is 51.6 Å². The molecule has 0 saturated heterocycles. The average Bonchev–Trinajstić information content (AvgIpc) is 3.17. The predicted molar refractivity (Wildman–Crippen MR) is 109 cm³/mol. The summed E-state index contributed by atoms with van der Waals surface area (Å²) >= 11 is 1.68. The molecule has 0 spiro atoms. The molecule has 4 heteroatoms. The molecule has 0 atom stereocenters. The molecule has 0 fully saturated rings. The summed E-state index contributed by atoms with van der Waals surface area (Å²) in [6.45, 7) is 11.1. The molecule has 134 valence electrons. The molecule has 26 heavy (non-hydrogen) atoms. The minimum absolute atomic E-state index is 0.0636. The highest BCUT2D eigenvalue weighted by atomic mass is 32.1. The van der Waals surface area contributed by atoms with Crippen molar-refractivity contribution in [3.8, 4) is 0 Å². The molecule has 4 rings (SSSR count). The molecule has 0 aliphatic rings. The number of nitrogens with zero attached hydrogens (tertiary/aromatic N) is 2. The van der Waals surface area contributed by atoms with E-state index in [4.69, 9.17) is 9.40 Å². The molecule has 0 unspecified atom stereocenters. The van der Waals surface area contributed by atoms with E-state index in [2.05, 4.69) is 69.9 Å². The maximum absolute atomic E-state index is 6.04. The maximum atomic E-state index is 6.04. The van der Waals surface area contributed by atoms with Crippen molar-refractivity contribution in [2.24, 2.45) is 0 Å². The minimum atomic E-state index is -0.0636. The highest BCUT2D eigenvalue weighted by Crippen LogP contribution is 2.32. The monoisotopic (exact) mass is 364 g/mol. The number of hydrogen-bond acceptors (Lipinski definition) is 4. The summed E-state index contributed by atoms with van der Waals surface area (Å²) in [5.74, 6) is 0.792. The predicted octanol–water partition coefficient (Wildman–Crippen LogP) is 6.26. The third kappa shape index (κ3) is 3.14. The average molecular weight is 365 g/mol. The molecule has 2 aromatic carbocycles. The Morgan fingerprint density at radius 1 is 0.923 bits per heavy atom. The Kier molecular flexibility index (Phi) is 3.92. The van der Waals surface area contributed by atoms with Gasteiger partial charge < -0.3 is 4.42 Å². The van der Waals surface area contributed by atoms with Gasteiger partial charge in [0.05, 0.1) is 15.7 Å². The molecule has 0 bridgehead atoms. The Balaban J connectivity index is 1.66. The van der Waals surface area contributed by atoms with E-state index in [1.54, 1.807) is 11.3 Å². The van der Waals surface area contributed by atoms with Crippen molar-refractivity contribution in [3.05, 3.63) is 58.9 Å². The lowest BCUT2D eigenvalue weighted by Gasteiger charge is -2.23. The highest BCUT2D eigenvalue weighted by molar-refractivity contribution is 7.16. The quantitative estimate of drug-likeness (QED) is 0.431. The van der Waals surface area contributed by atoms with E-state index in [1.807, 2.05) is 11.6 Å². The Morgan fingerprint density at radius 2 is 1.69 bits per heavy atom. The molecular formula is C22H24N2OS. The van der Waals surface area contributed by atoms with Gasteiger partial charge in [0.15, 0.2) is 11.5 Å². The summed E-state index contributed by atoms with van der Waals surface area (Å²) in [5, 5.41) is 0. The van der Waals surface area contributed by atoms with Gasteiger partial charge in [0.2, 0.25) is 0 Å². The van der Waals surface area contributed by atoms with Crippen LogP contribution in [0.5, 0.6) is 0 Å². The van der Waals surface area contributed by atoms with Crippen LogP contribution < -0.4 is 0 Å². The molecule has 2 heterocycles. The van der Waals surface area contributed by atoms with E-state index in [0.29, 0.717) is 0 Å². The van der Waals surface area contributed by atoms with E-state index in [9.17, 15) is 0 Å². The van der Waals surface area contributed by atoms with Crippen LogP contribution in [0.25, 0.3) is 21.3 Å². The summed E-state index contributed by atoms with van der Waals surface area (Å²) in [6.07, 6.45) is 0.761. The smallest absolute Gasteiger partial charge is 0.196 e. The van der Waals surface area contributed by atoms with Crippen LogP contribution in [0.15, 0.2) is 46.3 Å². The number of fused-ring (bicyclic) bond motifs is 2. The van der Waals surface area contributed by atoms with Gasteiger partial charge in [-0.05, 0) is 46.2 Å². The van der Waals surface area contributed by atoms with Gasteiger partial charge in [-0.2, -0.15) is 0 Å². The lowest BCUT2D eigenvalue weighted by molar-refractivity contribution is 0.434. The highest BCUT2D eigenvalue weighted by Gasteiger charge is 2.25. The molecule has 0 aliphatic heterocycles. The van der Waals surface area contributed by atoms with E-state index in [-0.39, 0.29) is 10.8 Å². The number of benzene rings is 2. The summed E-state index contributed by atoms with van der Waals surface area (Å²) in [4.78, 5) is 9.14. The van der Waals surface area contributed by atoms with Gasteiger partial charge in [-0.3, -0.25) is 0 Å². The van der Waals surface area contributed by atoms with Gasteiger partial charge in [-0.1, -0.05) is 46.8 Å². The van der Waals surface area contributed by atoms with Crippen LogP contribution in [0, 0.1) is 0 Å². The Bertz CT molecular complexity index is 1080. The summed E-state index contributed by atoms with van der Waals surface area (Å²) in [5.41, 5.74) is 7.37. The lowest BCUT2D eigenvalue weighted by Crippen LogP contribution is -2.20. The third-order valence-electron chi connectivity index (χ3n) is 5.00. The molecule has 4 aromatic rings. The van der Waals surface area contributed by atoms with E-state index < -0.39 is 0 Å². The summed E-state index contributed by atoms with van der Waals surface area (Å²) in [6, 6.07) is 12.8. The normalized spacial score (nSPS) is 13.0. The van der Waals surface area contributed by atoms with Gasteiger partial charge in [-0.25, -0.2) is 9.97 Å². The van der Waals surface area contributed by atoms with Crippen molar-refractivity contribution in [1.29, 1.82) is 0 Å². The van der Waals surface area contributed by atoms with Crippen LogP contribution in [-0.4, -0.2) is 9.97 Å². The van der Waals surface area contributed by atoms with Crippen molar-refractivity contribution in [2.45, 2.75) is 51.9 Å². The first kappa shape index (κ1) is 17.2. The topological polar surface area (TPSA) is 38.9 Å². The molecular weight excluding hydrogens is 340 g/mol. The largest absolute Gasteiger partial charge is 0.441 e. The SMILES string of the molecule is CC(C)(C)c1ccc2oc(CC(C)(C)c3ccc4ncsc4c3)nc2c1. The standard InChI is InChI=1S/C22H24N2OS/c1-21(2,3)14-7-9-18-17(10-14)24-20(25-18)12-22(4,5)15-6-8-16-19(11-15)26-13-23-16/h6-11,13H,12H2,1-5H3. The number of hydrogen-bond donors (Lipinski definition) is 0. The van der Waals surface area contributed by atoms with Crippen molar-refractivity contribution >= 4 is 32.7 Å². The maximum Gasteiger partial charge on any atom is 0.196 e. The molecule has 0 radical (unpaired) electrons. The summed E-state index contributed by atoms with van der Waals surface area (Å²) < 4.78 is 7.27. The zero-order valence-corrected chi connectivity index (χ0v) is 16.8. The lowest BCUT2D eigenvalue weighted by atomic mass is 9.81. The Morgan fingerprint density at radius 3 is 2.46 bits per heavy atom. The fourth-order valence-corrected chi connectivity index (χ4v) is 3.99. The van der Waals surface area contributed by atoms with Crippen LogP contribution >= 0.6 is 11.3 Å². The van der Waals surface area contributed by atoms with Crippen LogP contribution in [-0.2, 0) is 17.3 Å². The molecule has 0 saturated carbocycles. The fourth-order valence-electron chi connectivity index (χ4n) is 3.27.